The van der Waals surface area contributed by atoms with Crippen LogP contribution < -0.4 is 20.5 Å². The zero-order valence-electron chi connectivity index (χ0n) is 16.5. The van der Waals surface area contributed by atoms with Crippen LogP contribution in [-0.2, 0) is 12.8 Å². The molecule has 1 aromatic heterocycles. The second kappa shape index (κ2) is 8.65. The molecule has 6 nitrogen and oxygen atoms in total. The lowest BCUT2D eigenvalue weighted by Gasteiger charge is -2.18. The molecule has 150 valence electrons. The van der Waals surface area contributed by atoms with Crippen molar-refractivity contribution in [2.75, 3.05) is 19.0 Å². The Morgan fingerprint density at radius 2 is 2.11 bits per heavy atom. The smallest absolute Gasteiger partial charge is 0.256 e. The molecule has 1 aliphatic carbocycles. The van der Waals surface area contributed by atoms with Crippen LogP contribution in [0.1, 0.15) is 57.8 Å². The van der Waals surface area contributed by atoms with E-state index < -0.39 is 5.91 Å². The normalized spacial score (nSPS) is 15.6. The summed E-state index contributed by atoms with van der Waals surface area (Å²) in [5.74, 6) is 0.850. The van der Waals surface area contributed by atoms with Crippen molar-refractivity contribution in [3.8, 4) is 11.5 Å². The van der Waals surface area contributed by atoms with E-state index >= 15 is 0 Å². The van der Waals surface area contributed by atoms with E-state index in [0.29, 0.717) is 40.2 Å². The van der Waals surface area contributed by atoms with Gasteiger partial charge in [-0.15, -0.1) is 11.3 Å². The van der Waals surface area contributed by atoms with Crippen molar-refractivity contribution >= 4 is 28.2 Å². The minimum Gasteiger partial charge on any atom is -0.493 e. The third-order valence-corrected chi connectivity index (χ3v) is 6.04. The molecule has 0 aliphatic heterocycles. The molecule has 0 saturated heterocycles. The highest BCUT2D eigenvalue weighted by atomic mass is 32.1. The van der Waals surface area contributed by atoms with E-state index in [0.717, 1.165) is 36.1 Å². The largest absolute Gasteiger partial charge is 0.493 e. The van der Waals surface area contributed by atoms with Crippen LogP contribution in [0.2, 0.25) is 0 Å². The van der Waals surface area contributed by atoms with Crippen molar-refractivity contribution in [2.45, 2.75) is 39.5 Å². The average Bonchev–Trinajstić information content (AvgIpc) is 3.02. The average molecular weight is 403 g/mol. The fourth-order valence-corrected chi connectivity index (χ4v) is 4.83. The second-order valence-corrected chi connectivity index (χ2v) is 8.19. The van der Waals surface area contributed by atoms with Gasteiger partial charge in [0.25, 0.3) is 11.8 Å². The molecule has 1 heterocycles. The van der Waals surface area contributed by atoms with Crippen molar-refractivity contribution in [2.24, 2.45) is 11.7 Å². The maximum atomic E-state index is 12.8. The molecular formula is C21H26N2O4S. The third-order valence-electron chi connectivity index (χ3n) is 4.87. The highest BCUT2D eigenvalue weighted by Crippen LogP contribution is 2.39. The Bertz CT molecular complexity index is 891. The molecule has 0 fully saturated rings. The Balaban J connectivity index is 1.86. The highest BCUT2D eigenvalue weighted by molar-refractivity contribution is 7.17. The molecule has 2 amide bonds. The van der Waals surface area contributed by atoms with Gasteiger partial charge in [-0.05, 0) is 55.4 Å². The number of carbonyl (C=O) groups excluding carboxylic acids is 2. The SMILES string of the molecule is CCCOc1ccc(C(=O)Nc2sc3c(c2C(N)=O)CC[C@@H](C)C3)cc1OC. The summed E-state index contributed by atoms with van der Waals surface area (Å²) in [4.78, 5) is 26.0. The molecule has 0 spiro atoms. The van der Waals surface area contributed by atoms with Crippen LogP contribution >= 0.6 is 11.3 Å². The van der Waals surface area contributed by atoms with E-state index in [2.05, 4.69) is 12.2 Å². The number of benzene rings is 1. The van der Waals surface area contributed by atoms with Gasteiger partial charge in [0.05, 0.1) is 19.3 Å². The number of carbonyl (C=O) groups is 2. The minimum atomic E-state index is -0.497. The number of hydrogen-bond acceptors (Lipinski definition) is 5. The lowest BCUT2D eigenvalue weighted by Crippen LogP contribution is -2.19. The predicted molar refractivity (Wildman–Crippen MR) is 111 cm³/mol. The van der Waals surface area contributed by atoms with Gasteiger partial charge in [-0.25, -0.2) is 0 Å². The summed E-state index contributed by atoms with van der Waals surface area (Å²) in [5, 5.41) is 3.41. The first-order valence-corrected chi connectivity index (χ1v) is 10.3. The lowest BCUT2D eigenvalue weighted by atomic mass is 9.88. The molecule has 0 bridgehead atoms. The molecule has 0 unspecified atom stereocenters. The van der Waals surface area contributed by atoms with E-state index in [9.17, 15) is 9.59 Å². The van der Waals surface area contributed by atoms with Crippen LogP contribution in [0.4, 0.5) is 5.00 Å². The molecule has 2 aromatic rings. The summed E-state index contributed by atoms with van der Waals surface area (Å²) in [7, 11) is 1.54. The highest BCUT2D eigenvalue weighted by Gasteiger charge is 2.27. The van der Waals surface area contributed by atoms with Crippen LogP contribution in [0.5, 0.6) is 11.5 Å². The number of ether oxygens (including phenoxy) is 2. The van der Waals surface area contributed by atoms with Gasteiger partial charge in [0.2, 0.25) is 0 Å². The van der Waals surface area contributed by atoms with Gasteiger partial charge in [0.15, 0.2) is 11.5 Å². The first kappa shape index (κ1) is 20.2. The topological polar surface area (TPSA) is 90.6 Å². The van der Waals surface area contributed by atoms with Crippen LogP contribution in [0.15, 0.2) is 18.2 Å². The van der Waals surface area contributed by atoms with Gasteiger partial charge in [0, 0.05) is 10.4 Å². The van der Waals surface area contributed by atoms with Gasteiger partial charge in [-0.3, -0.25) is 9.59 Å². The number of nitrogens with one attached hydrogen (secondary N) is 1. The number of primary amides is 1. The Morgan fingerprint density at radius 1 is 1.32 bits per heavy atom. The Kier molecular flexibility index (Phi) is 6.24. The summed E-state index contributed by atoms with van der Waals surface area (Å²) in [6.45, 7) is 4.79. The zero-order valence-corrected chi connectivity index (χ0v) is 17.3. The molecular weight excluding hydrogens is 376 g/mol. The number of thiophene rings is 1. The second-order valence-electron chi connectivity index (χ2n) is 7.09. The minimum absolute atomic E-state index is 0.311. The number of fused-ring (bicyclic) bond motifs is 1. The number of hydrogen-bond donors (Lipinski definition) is 2. The molecule has 7 heteroatoms. The first-order valence-electron chi connectivity index (χ1n) is 9.51. The number of anilines is 1. The molecule has 1 atom stereocenters. The quantitative estimate of drug-likeness (QED) is 0.732. The van der Waals surface area contributed by atoms with E-state index in [1.165, 1.54) is 18.4 Å². The van der Waals surface area contributed by atoms with Gasteiger partial charge in [-0.1, -0.05) is 13.8 Å². The van der Waals surface area contributed by atoms with Gasteiger partial charge in [0.1, 0.15) is 5.00 Å². The summed E-state index contributed by atoms with van der Waals surface area (Å²) in [6.07, 6.45) is 3.63. The summed E-state index contributed by atoms with van der Waals surface area (Å²) in [5.41, 5.74) is 7.50. The number of amides is 2. The van der Waals surface area contributed by atoms with E-state index in [1.807, 2.05) is 6.92 Å². The third kappa shape index (κ3) is 4.14. The lowest BCUT2D eigenvalue weighted by molar-refractivity contribution is 0.1000. The van der Waals surface area contributed by atoms with Crippen molar-refractivity contribution in [1.82, 2.24) is 0 Å². The molecule has 1 aromatic carbocycles. The van der Waals surface area contributed by atoms with Crippen molar-refractivity contribution in [1.29, 1.82) is 0 Å². The number of nitrogens with two attached hydrogens (primary N) is 1. The standard InChI is InChI=1S/C21H26N2O4S/c1-4-9-27-15-8-6-13(11-16(15)26-3)20(25)23-21-18(19(22)24)14-7-5-12(2)10-17(14)28-21/h6,8,11-12H,4-5,7,9-10H2,1-3H3,(H2,22,24)(H,23,25)/t12-/m1/s1. The molecule has 3 N–H and O–H groups in total. The molecule has 28 heavy (non-hydrogen) atoms. The van der Waals surface area contributed by atoms with E-state index in [1.54, 1.807) is 18.2 Å². The molecule has 3 rings (SSSR count). The van der Waals surface area contributed by atoms with Crippen molar-refractivity contribution in [3.05, 3.63) is 39.8 Å². The predicted octanol–water partition coefficient (Wildman–Crippen LogP) is 4.02. The number of rotatable bonds is 7. The van der Waals surface area contributed by atoms with Gasteiger partial charge < -0.3 is 20.5 Å². The Labute approximate surface area is 169 Å². The van der Waals surface area contributed by atoms with Crippen molar-refractivity contribution in [3.63, 3.8) is 0 Å². The number of methoxy groups -OCH3 is 1. The molecule has 0 saturated carbocycles. The maximum absolute atomic E-state index is 12.8. The van der Waals surface area contributed by atoms with Crippen LogP contribution in [-0.4, -0.2) is 25.5 Å². The van der Waals surface area contributed by atoms with E-state index in [4.69, 9.17) is 15.2 Å². The summed E-state index contributed by atoms with van der Waals surface area (Å²) < 4.78 is 11.0. The van der Waals surface area contributed by atoms with Crippen LogP contribution in [0.3, 0.4) is 0 Å². The fourth-order valence-electron chi connectivity index (χ4n) is 3.41. The fraction of sp³-hybridized carbons (Fsp3) is 0.429. The van der Waals surface area contributed by atoms with Crippen LogP contribution in [0, 0.1) is 5.92 Å². The first-order chi connectivity index (χ1) is 13.4. The maximum Gasteiger partial charge on any atom is 0.256 e. The van der Waals surface area contributed by atoms with E-state index in [-0.39, 0.29) is 5.91 Å². The van der Waals surface area contributed by atoms with Crippen molar-refractivity contribution < 1.29 is 19.1 Å². The molecule has 0 radical (unpaired) electrons. The van der Waals surface area contributed by atoms with Crippen LogP contribution in [0.25, 0.3) is 0 Å². The summed E-state index contributed by atoms with van der Waals surface area (Å²) >= 11 is 1.45. The molecule has 1 aliphatic rings. The summed E-state index contributed by atoms with van der Waals surface area (Å²) in [6, 6.07) is 5.04. The van der Waals surface area contributed by atoms with Gasteiger partial charge >= 0.3 is 0 Å². The Hall–Kier alpha value is -2.54. The monoisotopic (exact) mass is 402 g/mol. The Morgan fingerprint density at radius 3 is 2.79 bits per heavy atom. The zero-order chi connectivity index (χ0) is 20.3. The van der Waals surface area contributed by atoms with Gasteiger partial charge in [-0.2, -0.15) is 0 Å².